The zero-order valence-electron chi connectivity index (χ0n) is 13.7. The number of amides is 1. The summed E-state index contributed by atoms with van der Waals surface area (Å²) in [5.41, 5.74) is 2.17. The number of rotatable bonds is 3. The fourth-order valence-corrected chi connectivity index (χ4v) is 4.96. The number of sulfonamides is 1. The van der Waals surface area contributed by atoms with E-state index in [1.807, 2.05) is 24.3 Å². The van der Waals surface area contributed by atoms with E-state index in [1.165, 1.54) is 11.4 Å². The van der Waals surface area contributed by atoms with Crippen LogP contribution in [0.4, 0.5) is 0 Å². The summed E-state index contributed by atoms with van der Waals surface area (Å²) in [6, 6.07) is 6.75. The maximum Gasteiger partial charge on any atom is 0.249 e. The highest BCUT2D eigenvalue weighted by Crippen LogP contribution is 2.31. The number of nitrogens with one attached hydrogen (secondary N) is 1. The van der Waals surface area contributed by atoms with Gasteiger partial charge in [-0.2, -0.15) is 4.31 Å². The van der Waals surface area contributed by atoms with E-state index in [1.54, 1.807) is 13.8 Å². The van der Waals surface area contributed by atoms with Crippen LogP contribution in [0.1, 0.15) is 22.6 Å². The van der Waals surface area contributed by atoms with E-state index in [2.05, 4.69) is 10.5 Å². The van der Waals surface area contributed by atoms with Crippen molar-refractivity contribution in [2.24, 2.45) is 0 Å². The molecule has 0 saturated carbocycles. The Morgan fingerprint density at radius 1 is 1.29 bits per heavy atom. The van der Waals surface area contributed by atoms with Crippen molar-refractivity contribution in [1.29, 1.82) is 0 Å². The average Bonchev–Trinajstić information content (AvgIpc) is 2.92. The second kappa shape index (κ2) is 6.03. The molecule has 1 aliphatic heterocycles. The van der Waals surface area contributed by atoms with E-state index < -0.39 is 16.1 Å². The van der Waals surface area contributed by atoms with E-state index in [-0.39, 0.29) is 23.1 Å². The summed E-state index contributed by atoms with van der Waals surface area (Å²) in [5, 5.41) is 6.29. The van der Waals surface area contributed by atoms with Gasteiger partial charge in [0.25, 0.3) is 0 Å². The standard InChI is InChI=1S/C16H19N3O4S/c1-10-15(11(2)23-18-10)24(21,22)19-9-13-7-5-4-6-12(13)8-14(19)16(20)17-3/h4-7,14H,8-9H2,1-3H3,(H,17,20)/t14-/m1/s1. The van der Waals surface area contributed by atoms with Crippen LogP contribution in [0, 0.1) is 13.8 Å². The van der Waals surface area contributed by atoms with Gasteiger partial charge in [-0.25, -0.2) is 8.42 Å². The first-order chi connectivity index (χ1) is 11.4. The minimum absolute atomic E-state index is 0.0378. The van der Waals surface area contributed by atoms with Crippen molar-refractivity contribution in [1.82, 2.24) is 14.8 Å². The Bertz CT molecular complexity index is 869. The molecule has 2 heterocycles. The summed E-state index contributed by atoms with van der Waals surface area (Å²) in [6.45, 7) is 3.27. The van der Waals surface area contributed by atoms with Crippen molar-refractivity contribution in [2.75, 3.05) is 7.05 Å². The highest BCUT2D eigenvalue weighted by atomic mass is 32.2. The Morgan fingerprint density at radius 3 is 2.54 bits per heavy atom. The van der Waals surface area contributed by atoms with Gasteiger partial charge in [0.1, 0.15) is 16.6 Å². The molecule has 7 nitrogen and oxygen atoms in total. The quantitative estimate of drug-likeness (QED) is 0.897. The molecule has 2 aromatic rings. The predicted molar refractivity (Wildman–Crippen MR) is 86.7 cm³/mol. The molecule has 128 valence electrons. The van der Waals surface area contributed by atoms with E-state index in [9.17, 15) is 13.2 Å². The molecule has 0 bridgehead atoms. The molecule has 1 aromatic carbocycles. The van der Waals surface area contributed by atoms with Crippen LogP contribution in [-0.4, -0.2) is 36.9 Å². The number of aryl methyl sites for hydroxylation is 2. The average molecular weight is 349 g/mol. The molecule has 0 spiro atoms. The molecule has 1 amide bonds. The van der Waals surface area contributed by atoms with E-state index in [0.29, 0.717) is 12.1 Å². The van der Waals surface area contributed by atoms with E-state index in [4.69, 9.17) is 4.52 Å². The van der Waals surface area contributed by atoms with Crippen LogP contribution in [0.15, 0.2) is 33.7 Å². The van der Waals surface area contributed by atoms with Gasteiger partial charge in [-0.15, -0.1) is 0 Å². The molecule has 1 aromatic heterocycles. The lowest BCUT2D eigenvalue weighted by Gasteiger charge is -2.34. The predicted octanol–water partition coefficient (Wildman–Crippen LogP) is 1.15. The van der Waals surface area contributed by atoms with Crippen molar-refractivity contribution >= 4 is 15.9 Å². The summed E-state index contributed by atoms with van der Waals surface area (Å²) in [5.74, 6) is -0.109. The monoisotopic (exact) mass is 349 g/mol. The number of aromatic nitrogens is 1. The highest BCUT2D eigenvalue weighted by molar-refractivity contribution is 7.89. The van der Waals surface area contributed by atoms with Crippen LogP contribution in [0.2, 0.25) is 0 Å². The van der Waals surface area contributed by atoms with Crippen molar-refractivity contribution in [3.63, 3.8) is 0 Å². The third kappa shape index (κ3) is 2.61. The molecule has 1 N–H and O–H groups in total. The number of likely N-dealkylation sites (N-methyl/N-ethyl adjacent to an activating group) is 1. The third-order valence-electron chi connectivity index (χ3n) is 4.29. The number of carbonyl (C=O) groups is 1. The Labute approximate surface area is 140 Å². The van der Waals surface area contributed by atoms with Gasteiger partial charge in [-0.3, -0.25) is 4.79 Å². The number of hydrogen-bond acceptors (Lipinski definition) is 5. The number of hydrogen-bond donors (Lipinski definition) is 1. The molecular weight excluding hydrogens is 330 g/mol. The van der Waals surface area contributed by atoms with Gasteiger partial charge < -0.3 is 9.84 Å². The normalized spacial score (nSPS) is 18.2. The van der Waals surface area contributed by atoms with Gasteiger partial charge in [0.15, 0.2) is 5.76 Å². The maximum atomic E-state index is 13.2. The van der Waals surface area contributed by atoms with Gasteiger partial charge in [-0.1, -0.05) is 29.4 Å². The minimum atomic E-state index is -3.91. The molecule has 0 radical (unpaired) electrons. The molecule has 0 saturated heterocycles. The van der Waals surface area contributed by atoms with Gasteiger partial charge in [0, 0.05) is 13.6 Å². The first kappa shape index (κ1) is 16.7. The first-order valence-corrected chi connectivity index (χ1v) is 9.03. The van der Waals surface area contributed by atoms with Crippen molar-refractivity contribution < 1.29 is 17.7 Å². The fraction of sp³-hybridized carbons (Fsp3) is 0.375. The summed E-state index contributed by atoms with van der Waals surface area (Å²) in [6.07, 6.45) is 0.332. The molecule has 0 aliphatic carbocycles. The third-order valence-corrected chi connectivity index (χ3v) is 6.39. The smallest absolute Gasteiger partial charge is 0.249 e. The van der Waals surface area contributed by atoms with Crippen LogP contribution >= 0.6 is 0 Å². The van der Waals surface area contributed by atoms with E-state index in [0.717, 1.165) is 11.1 Å². The van der Waals surface area contributed by atoms with Crippen molar-refractivity contribution in [3.8, 4) is 0 Å². The van der Waals surface area contributed by atoms with Gasteiger partial charge in [0.2, 0.25) is 15.9 Å². The lowest BCUT2D eigenvalue weighted by Crippen LogP contribution is -2.51. The largest absolute Gasteiger partial charge is 0.360 e. The molecule has 1 atom stereocenters. The molecule has 0 unspecified atom stereocenters. The van der Waals surface area contributed by atoms with Gasteiger partial charge in [0.05, 0.1) is 0 Å². The lowest BCUT2D eigenvalue weighted by molar-refractivity contribution is -0.124. The SMILES string of the molecule is CNC(=O)[C@H]1Cc2ccccc2CN1S(=O)(=O)c1c(C)noc1C. The maximum absolute atomic E-state index is 13.2. The zero-order chi connectivity index (χ0) is 17.5. The van der Waals surface area contributed by atoms with Crippen molar-refractivity contribution in [2.45, 2.75) is 37.8 Å². The summed E-state index contributed by atoms with van der Waals surface area (Å²) in [7, 11) is -2.41. The molecule has 0 fully saturated rings. The Hall–Kier alpha value is -2.19. The van der Waals surface area contributed by atoms with Crippen LogP contribution < -0.4 is 5.32 Å². The van der Waals surface area contributed by atoms with Gasteiger partial charge >= 0.3 is 0 Å². The van der Waals surface area contributed by atoms with E-state index >= 15 is 0 Å². The number of nitrogens with zero attached hydrogens (tertiary/aromatic N) is 2. The minimum Gasteiger partial charge on any atom is -0.360 e. The summed E-state index contributed by atoms with van der Waals surface area (Å²) < 4.78 is 32.6. The van der Waals surface area contributed by atoms with Crippen LogP contribution in [0.5, 0.6) is 0 Å². The van der Waals surface area contributed by atoms with Gasteiger partial charge in [-0.05, 0) is 31.4 Å². The van der Waals surface area contributed by atoms with Crippen LogP contribution in [0.3, 0.4) is 0 Å². The topological polar surface area (TPSA) is 92.5 Å². The fourth-order valence-electron chi connectivity index (χ4n) is 3.10. The zero-order valence-corrected chi connectivity index (χ0v) is 14.6. The number of fused-ring (bicyclic) bond motifs is 1. The Balaban J connectivity index is 2.11. The lowest BCUT2D eigenvalue weighted by atomic mass is 9.95. The number of carbonyl (C=O) groups excluding carboxylic acids is 1. The highest BCUT2D eigenvalue weighted by Gasteiger charge is 2.41. The summed E-state index contributed by atoms with van der Waals surface area (Å²) >= 11 is 0. The second-order valence-corrected chi connectivity index (χ2v) is 7.63. The number of benzene rings is 1. The molecule has 24 heavy (non-hydrogen) atoms. The van der Waals surface area contributed by atoms with Crippen LogP contribution in [-0.2, 0) is 27.8 Å². The second-order valence-electron chi connectivity index (χ2n) is 5.81. The van der Waals surface area contributed by atoms with Crippen molar-refractivity contribution in [3.05, 3.63) is 46.8 Å². The Kier molecular flexibility index (Phi) is 4.18. The molecule has 8 heteroatoms. The first-order valence-electron chi connectivity index (χ1n) is 7.59. The Morgan fingerprint density at radius 2 is 1.96 bits per heavy atom. The molecular formula is C16H19N3O4S. The van der Waals surface area contributed by atoms with Crippen LogP contribution in [0.25, 0.3) is 0 Å². The molecule has 3 rings (SSSR count). The molecule has 1 aliphatic rings. The summed E-state index contributed by atoms with van der Waals surface area (Å²) in [4.78, 5) is 12.4.